The number of pyridine rings is 1. The normalized spacial score (nSPS) is 17.9. The van der Waals surface area contributed by atoms with E-state index in [9.17, 15) is 9.59 Å². The zero-order valence-corrected chi connectivity index (χ0v) is 14.3. The zero-order chi connectivity index (χ0) is 17.0. The molecule has 2 heterocycles. The maximum atomic E-state index is 12.5. The third-order valence-corrected chi connectivity index (χ3v) is 3.79. The van der Waals surface area contributed by atoms with E-state index in [4.69, 9.17) is 4.74 Å². The van der Waals surface area contributed by atoms with Gasteiger partial charge in [-0.1, -0.05) is 6.07 Å². The molecule has 1 aliphatic heterocycles. The van der Waals surface area contributed by atoms with Crippen molar-refractivity contribution in [2.45, 2.75) is 52.2 Å². The number of nitrogens with zero attached hydrogens (tertiary/aromatic N) is 3. The van der Waals surface area contributed by atoms with Crippen molar-refractivity contribution >= 4 is 18.3 Å². The molecule has 0 saturated carbocycles. The van der Waals surface area contributed by atoms with Crippen LogP contribution in [0.5, 0.6) is 0 Å². The van der Waals surface area contributed by atoms with Crippen LogP contribution >= 0.6 is 0 Å². The van der Waals surface area contributed by atoms with Gasteiger partial charge < -0.3 is 9.64 Å². The summed E-state index contributed by atoms with van der Waals surface area (Å²) in [6.45, 7) is 8.58. The Morgan fingerprint density at radius 2 is 2.26 bits per heavy atom. The van der Waals surface area contributed by atoms with E-state index in [1.165, 1.54) is 4.90 Å². The highest BCUT2D eigenvalue weighted by Crippen LogP contribution is 2.35. The molecule has 0 aliphatic carbocycles. The highest BCUT2D eigenvalue weighted by molar-refractivity contribution is 5.87. The summed E-state index contributed by atoms with van der Waals surface area (Å²) in [5.41, 5.74) is 0.326. The fourth-order valence-corrected chi connectivity index (χ4v) is 2.83. The average Bonchev–Trinajstić information content (AvgIpc) is 2.95. The first kappa shape index (κ1) is 17.2. The Morgan fingerprint density at radius 3 is 2.87 bits per heavy atom. The predicted octanol–water partition coefficient (Wildman–Crippen LogP) is 3.14. The summed E-state index contributed by atoms with van der Waals surface area (Å²) in [6.07, 6.45) is 3.94. The van der Waals surface area contributed by atoms with Crippen LogP contribution in [0.25, 0.3) is 0 Å². The average molecular weight is 319 g/mol. The number of ether oxygens (including phenoxy) is 1. The van der Waals surface area contributed by atoms with Gasteiger partial charge in [0.15, 0.2) is 0 Å². The second-order valence-corrected chi connectivity index (χ2v) is 6.64. The van der Waals surface area contributed by atoms with E-state index < -0.39 is 11.7 Å². The van der Waals surface area contributed by atoms with Gasteiger partial charge in [0.1, 0.15) is 11.4 Å². The number of carbonyl (C=O) groups excluding carboxylic acids is 2. The van der Waals surface area contributed by atoms with Crippen molar-refractivity contribution in [3.63, 3.8) is 0 Å². The fraction of sp³-hybridized carbons (Fsp3) is 0.588. The summed E-state index contributed by atoms with van der Waals surface area (Å²) in [5, 5.41) is 0. The van der Waals surface area contributed by atoms with Crippen LogP contribution in [0.15, 0.2) is 18.3 Å². The maximum Gasteiger partial charge on any atom is 0.415 e. The number of hydrogen-bond acceptors (Lipinski definition) is 4. The molecule has 1 atom stereocenters. The molecule has 6 heteroatoms. The Kier molecular flexibility index (Phi) is 5.23. The van der Waals surface area contributed by atoms with Gasteiger partial charge in [-0.25, -0.2) is 9.78 Å². The van der Waals surface area contributed by atoms with Gasteiger partial charge in [-0.3, -0.25) is 9.69 Å². The van der Waals surface area contributed by atoms with Crippen LogP contribution in [0.4, 0.5) is 10.6 Å². The molecular weight excluding hydrogens is 294 g/mol. The molecule has 2 amide bonds. The van der Waals surface area contributed by atoms with E-state index in [1.54, 1.807) is 11.1 Å². The van der Waals surface area contributed by atoms with E-state index >= 15 is 0 Å². The molecule has 1 aromatic heterocycles. The number of aromatic nitrogens is 1. The van der Waals surface area contributed by atoms with Gasteiger partial charge in [0.25, 0.3) is 0 Å². The lowest BCUT2D eigenvalue weighted by molar-refractivity contribution is -0.118. The van der Waals surface area contributed by atoms with Crippen LogP contribution in [0.3, 0.4) is 0 Å². The molecule has 6 nitrogen and oxygen atoms in total. The molecule has 2 rings (SSSR count). The molecule has 0 bridgehead atoms. The van der Waals surface area contributed by atoms with Crippen molar-refractivity contribution in [2.75, 3.05) is 18.0 Å². The van der Waals surface area contributed by atoms with Gasteiger partial charge in [-0.05, 0) is 46.6 Å². The molecule has 126 valence electrons. The summed E-state index contributed by atoms with van der Waals surface area (Å²) >= 11 is 0. The molecule has 1 aromatic rings. The van der Waals surface area contributed by atoms with Crippen molar-refractivity contribution in [1.82, 2.24) is 9.88 Å². The van der Waals surface area contributed by atoms with Crippen LogP contribution in [-0.4, -0.2) is 41.1 Å². The van der Waals surface area contributed by atoms with E-state index in [1.807, 2.05) is 39.8 Å². The van der Waals surface area contributed by atoms with Crippen molar-refractivity contribution in [2.24, 2.45) is 0 Å². The summed E-state index contributed by atoms with van der Waals surface area (Å²) in [6, 6.07) is 3.73. The van der Waals surface area contributed by atoms with Gasteiger partial charge in [0.05, 0.1) is 6.04 Å². The molecule has 0 radical (unpaired) electrons. The van der Waals surface area contributed by atoms with Crippen molar-refractivity contribution in [3.05, 3.63) is 23.9 Å². The number of carbonyl (C=O) groups is 2. The molecule has 0 aromatic carbocycles. The lowest BCUT2D eigenvalue weighted by Crippen LogP contribution is -2.38. The smallest absolute Gasteiger partial charge is 0.415 e. The molecule has 0 unspecified atom stereocenters. The Hall–Kier alpha value is -2.11. The molecule has 1 saturated heterocycles. The first-order chi connectivity index (χ1) is 10.9. The Balaban J connectivity index is 2.34. The highest BCUT2D eigenvalue weighted by atomic mass is 16.6. The maximum absolute atomic E-state index is 12.5. The summed E-state index contributed by atoms with van der Waals surface area (Å²) in [7, 11) is 0. The topological polar surface area (TPSA) is 62.7 Å². The third kappa shape index (κ3) is 4.00. The quantitative estimate of drug-likeness (QED) is 0.800. The standard InChI is InChI=1S/C17H25N3O3/c1-5-20(16(22)23-17(2,3)4)15-13(8-6-10-18-15)14-9-7-11-19(14)12-21/h6,8,10,12,14H,5,7,9,11H2,1-4H3/t14-/m1/s1. The van der Waals surface area contributed by atoms with Crippen LogP contribution in [0, 0.1) is 0 Å². The number of rotatable bonds is 4. The Morgan fingerprint density at radius 1 is 1.52 bits per heavy atom. The van der Waals surface area contributed by atoms with E-state index in [2.05, 4.69) is 4.98 Å². The third-order valence-electron chi connectivity index (χ3n) is 3.79. The second kappa shape index (κ2) is 6.98. The van der Waals surface area contributed by atoms with Crippen molar-refractivity contribution < 1.29 is 14.3 Å². The van der Waals surface area contributed by atoms with Crippen LogP contribution in [0.2, 0.25) is 0 Å². The Labute approximate surface area is 137 Å². The highest BCUT2D eigenvalue weighted by Gasteiger charge is 2.31. The molecule has 1 fully saturated rings. The van der Waals surface area contributed by atoms with Crippen molar-refractivity contribution in [1.29, 1.82) is 0 Å². The van der Waals surface area contributed by atoms with E-state index in [-0.39, 0.29) is 6.04 Å². The molecule has 0 N–H and O–H groups in total. The van der Waals surface area contributed by atoms with Crippen LogP contribution < -0.4 is 4.90 Å². The predicted molar refractivity (Wildman–Crippen MR) is 88.2 cm³/mol. The molecule has 1 aliphatic rings. The second-order valence-electron chi connectivity index (χ2n) is 6.64. The summed E-state index contributed by atoms with van der Waals surface area (Å²) < 4.78 is 5.48. The molecule has 23 heavy (non-hydrogen) atoms. The van der Waals surface area contributed by atoms with Gasteiger partial charge >= 0.3 is 6.09 Å². The minimum absolute atomic E-state index is 0.0345. The van der Waals surface area contributed by atoms with Gasteiger partial charge in [0.2, 0.25) is 6.41 Å². The fourth-order valence-electron chi connectivity index (χ4n) is 2.83. The van der Waals surface area contributed by atoms with Gasteiger partial charge in [-0.15, -0.1) is 0 Å². The lowest BCUT2D eigenvalue weighted by Gasteiger charge is -2.29. The number of amides is 2. The van der Waals surface area contributed by atoms with Crippen LogP contribution in [-0.2, 0) is 9.53 Å². The zero-order valence-electron chi connectivity index (χ0n) is 14.3. The number of hydrogen-bond donors (Lipinski definition) is 0. The number of anilines is 1. The molecule has 0 spiro atoms. The monoisotopic (exact) mass is 319 g/mol. The largest absolute Gasteiger partial charge is 0.443 e. The first-order valence-electron chi connectivity index (χ1n) is 8.04. The SMILES string of the molecule is CCN(C(=O)OC(C)(C)C)c1ncccc1[C@H]1CCCN1C=O. The minimum Gasteiger partial charge on any atom is -0.443 e. The first-order valence-corrected chi connectivity index (χ1v) is 8.04. The summed E-state index contributed by atoms with van der Waals surface area (Å²) in [4.78, 5) is 31.4. The summed E-state index contributed by atoms with van der Waals surface area (Å²) in [5.74, 6) is 0.572. The van der Waals surface area contributed by atoms with E-state index in [0.29, 0.717) is 12.4 Å². The van der Waals surface area contributed by atoms with E-state index in [0.717, 1.165) is 31.4 Å². The van der Waals surface area contributed by atoms with Gasteiger partial charge in [-0.2, -0.15) is 0 Å². The van der Waals surface area contributed by atoms with Crippen molar-refractivity contribution in [3.8, 4) is 0 Å². The minimum atomic E-state index is -0.568. The van der Waals surface area contributed by atoms with Gasteiger partial charge in [0, 0.05) is 24.8 Å². The molecular formula is C17H25N3O3. The lowest BCUT2D eigenvalue weighted by atomic mass is 10.1. The number of likely N-dealkylation sites (tertiary alicyclic amines) is 1. The van der Waals surface area contributed by atoms with Crippen LogP contribution in [0.1, 0.15) is 52.1 Å². The Bertz CT molecular complexity index is 568.